The van der Waals surface area contributed by atoms with E-state index in [0.717, 1.165) is 0 Å². The summed E-state index contributed by atoms with van der Waals surface area (Å²) in [4.78, 5) is 12.2. The maximum absolute atomic E-state index is 12.2. The lowest BCUT2D eigenvalue weighted by molar-refractivity contribution is -0.130. The third-order valence-corrected chi connectivity index (χ3v) is 3.11. The second-order valence-corrected chi connectivity index (χ2v) is 5.60. The molecule has 1 aromatic rings. The summed E-state index contributed by atoms with van der Waals surface area (Å²) in [5.41, 5.74) is 0. The van der Waals surface area contributed by atoms with E-state index < -0.39 is 6.10 Å². The van der Waals surface area contributed by atoms with E-state index in [1.807, 2.05) is 20.8 Å². The van der Waals surface area contributed by atoms with Crippen molar-refractivity contribution in [2.75, 3.05) is 6.61 Å². The van der Waals surface area contributed by atoms with E-state index in [0.29, 0.717) is 17.2 Å². The Labute approximate surface area is 125 Å². The molecule has 0 spiro atoms. The summed E-state index contributed by atoms with van der Waals surface area (Å²) in [6.07, 6.45) is -0.0668. The van der Waals surface area contributed by atoms with E-state index in [-0.39, 0.29) is 24.5 Å². The van der Waals surface area contributed by atoms with E-state index in [1.54, 1.807) is 24.3 Å². The van der Waals surface area contributed by atoms with Gasteiger partial charge in [-0.15, -0.1) is 0 Å². The Morgan fingerprint density at radius 3 is 2.65 bits per heavy atom. The molecule has 0 radical (unpaired) electrons. The second kappa shape index (κ2) is 8.12. The molecule has 1 aromatic carbocycles. The lowest BCUT2D eigenvalue weighted by Crippen LogP contribution is -2.45. The van der Waals surface area contributed by atoms with Crippen LogP contribution in [0.4, 0.5) is 0 Å². The van der Waals surface area contributed by atoms with Crippen molar-refractivity contribution < 1.29 is 14.6 Å². The molecule has 0 saturated heterocycles. The van der Waals surface area contributed by atoms with Gasteiger partial charge in [0.25, 0.3) is 5.91 Å². The minimum atomic E-state index is -0.588. The van der Waals surface area contributed by atoms with Crippen molar-refractivity contribution >= 4 is 17.5 Å². The van der Waals surface area contributed by atoms with E-state index >= 15 is 0 Å². The molecular formula is C15H22ClNO3. The first-order valence-electron chi connectivity index (χ1n) is 6.77. The van der Waals surface area contributed by atoms with Gasteiger partial charge in [-0.3, -0.25) is 4.79 Å². The first-order chi connectivity index (χ1) is 9.43. The van der Waals surface area contributed by atoms with E-state index in [4.69, 9.17) is 21.4 Å². The maximum Gasteiger partial charge on any atom is 0.261 e. The molecule has 5 heteroatoms. The average molecular weight is 300 g/mol. The summed E-state index contributed by atoms with van der Waals surface area (Å²) in [5.74, 6) is 0.414. The Bertz CT molecular complexity index is 437. The SMILES string of the molecule is CC(CCO)NC(=O)C(Oc1cccc(Cl)c1)C(C)C. The number of amides is 1. The third kappa shape index (κ3) is 5.39. The Kier molecular flexibility index (Phi) is 6.82. The van der Waals surface area contributed by atoms with Gasteiger partial charge in [0.1, 0.15) is 5.75 Å². The van der Waals surface area contributed by atoms with Crippen LogP contribution in [0.1, 0.15) is 27.2 Å². The molecule has 0 bridgehead atoms. The predicted octanol–water partition coefficient (Wildman–Crippen LogP) is 2.63. The molecule has 0 aromatic heterocycles. The van der Waals surface area contributed by atoms with Gasteiger partial charge in [0, 0.05) is 17.7 Å². The van der Waals surface area contributed by atoms with Gasteiger partial charge in [-0.05, 0) is 37.5 Å². The number of aliphatic hydroxyl groups excluding tert-OH is 1. The third-order valence-electron chi connectivity index (χ3n) is 2.87. The topological polar surface area (TPSA) is 58.6 Å². The molecule has 20 heavy (non-hydrogen) atoms. The van der Waals surface area contributed by atoms with Crippen LogP contribution in [-0.4, -0.2) is 29.8 Å². The van der Waals surface area contributed by atoms with Gasteiger partial charge in [0.2, 0.25) is 0 Å². The van der Waals surface area contributed by atoms with Gasteiger partial charge in [0.05, 0.1) is 0 Å². The highest BCUT2D eigenvalue weighted by Crippen LogP contribution is 2.20. The van der Waals surface area contributed by atoms with Crippen LogP contribution < -0.4 is 10.1 Å². The predicted molar refractivity (Wildman–Crippen MR) is 80.0 cm³/mol. The minimum Gasteiger partial charge on any atom is -0.480 e. The van der Waals surface area contributed by atoms with Crippen LogP contribution in [-0.2, 0) is 4.79 Å². The number of aliphatic hydroxyl groups is 1. The number of rotatable bonds is 7. The Balaban J connectivity index is 2.71. The van der Waals surface area contributed by atoms with Crippen molar-refractivity contribution in [3.05, 3.63) is 29.3 Å². The number of halogens is 1. The largest absolute Gasteiger partial charge is 0.480 e. The molecule has 4 nitrogen and oxygen atoms in total. The Morgan fingerprint density at radius 1 is 1.40 bits per heavy atom. The molecule has 0 aliphatic rings. The smallest absolute Gasteiger partial charge is 0.261 e. The molecule has 0 heterocycles. The lowest BCUT2D eigenvalue weighted by atomic mass is 10.1. The first kappa shape index (κ1) is 16.8. The molecule has 0 aliphatic carbocycles. The standard InChI is InChI=1S/C15H22ClNO3/c1-10(2)14(15(19)17-11(3)7-8-18)20-13-6-4-5-12(16)9-13/h4-6,9-11,14,18H,7-8H2,1-3H3,(H,17,19). The Morgan fingerprint density at radius 2 is 2.10 bits per heavy atom. The number of carbonyl (C=O) groups is 1. The maximum atomic E-state index is 12.2. The lowest BCUT2D eigenvalue weighted by Gasteiger charge is -2.24. The highest BCUT2D eigenvalue weighted by atomic mass is 35.5. The summed E-state index contributed by atoms with van der Waals surface area (Å²) in [6, 6.07) is 6.90. The quantitative estimate of drug-likeness (QED) is 0.814. The summed E-state index contributed by atoms with van der Waals surface area (Å²) in [5, 5.41) is 12.3. The number of ether oxygens (including phenoxy) is 1. The highest BCUT2D eigenvalue weighted by molar-refractivity contribution is 6.30. The average Bonchev–Trinajstić information content (AvgIpc) is 2.35. The fourth-order valence-corrected chi connectivity index (χ4v) is 1.95. The molecule has 2 atom stereocenters. The van der Waals surface area contributed by atoms with E-state index in [9.17, 15) is 4.79 Å². The van der Waals surface area contributed by atoms with Gasteiger partial charge >= 0.3 is 0 Å². The van der Waals surface area contributed by atoms with Gasteiger partial charge in [0.15, 0.2) is 6.10 Å². The molecule has 0 aliphatic heterocycles. The summed E-state index contributed by atoms with van der Waals surface area (Å²) < 4.78 is 5.74. The molecule has 1 rings (SSSR count). The normalized spacial score (nSPS) is 13.9. The molecule has 0 saturated carbocycles. The molecule has 1 amide bonds. The van der Waals surface area contributed by atoms with Crippen LogP contribution in [0.3, 0.4) is 0 Å². The van der Waals surface area contributed by atoms with Crippen molar-refractivity contribution in [1.82, 2.24) is 5.32 Å². The highest BCUT2D eigenvalue weighted by Gasteiger charge is 2.25. The van der Waals surface area contributed by atoms with Crippen molar-refractivity contribution in [2.24, 2.45) is 5.92 Å². The number of benzene rings is 1. The molecule has 0 fully saturated rings. The van der Waals surface area contributed by atoms with Gasteiger partial charge in [-0.25, -0.2) is 0 Å². The van der Waals surface area contributed by atoms with E-state index in [1.165, 1.54) is 0 Å². The summed E-state index contributed by atoms with van der Waals surface area (Å²) in [6.45, 7) is 5.74. The number of hydrogen-bond acceptors (Lipinski definition) is 3. The van der Waals surface area contributed by atoms with E-state index in [2.05, 4.69) is 5.32 Å². The Hall–Kier alpha value is -1.26. The van der Waals surface area contributed by atoms with Crippen LogP contribution in [0.25, 0.3) is 0 Å². The molecule has 112 valence electrons. The van der Waals surface area contributed by atoms with Crippen molar-refractivity contribution in [1.29, 1.82) is 0 Å². The zero-order valence-corrected chi connectivity index (χ0v) is 12.9. The van der Waals surface area contributed by atoms with Gasteiger partial charge in [-0.1, -0.05) is 31.5 Å². The summed E-state index contributed by atoms with van der Waals surface area (Å²) in [7, 11) is 0. The van der Waals surface area contributed by atoms with Crippen molar-refractivity contribution in [3.8, 4) is 5.75 Å². The fraction of sp³-hybridized carbons (Fsp3) is 0.533. The second-order valence-electron chi connectivity index (χ2n) is 5.16. The zero-order valence-electron chi connectivity index (χ0n) is 12.1. The van der Waals surface area contributed by atoms with Gasteiger partial charge in [-0.2, -0.15) is 0 Å². The van der Waals surface area contributed by atoms with Crippen molar-refractivity contribution in [2.45, 2.75) is 39.3 Å². The van der Waals surface area contributed by atoms with Gasteiger partial charge < -0.3 is 15.2 Å². The van der Waals surface area contributed by atoms with Crippen LogP contribution >= 0.6 is 11.6 Å². The number of hydrogen-bond donors (Lipinski definition) is 2. The monoisotopic (exact) mass is 299 g/mol. The van der Waals surface area contributed by atoms with Crippen molar-refractivity contribution in [3.63, 3.8) is 0 Å². The molecular weight excluding hydrogens is 278 g/mol. The summed E-state index contributed by atoms with van der Waals surface area (Å²) >= 11 is 5.90. The van der Waals surface area contributed by atoms with Crippen LogP contribution in [0, 0.1) is 5.92 Å². The van der Waals surface area contributed by atoms with Crippen LogP contribution in [0.15, 0.2) is 24.3 Å². The first-order valence-corrected chi connectivity index (χ1v) is 7.15. The zero-order chi connectivity index (χ0) is 15.1. The molecule has 2 N–H and O–H groups in total. The number of carbonyl (C=O) groups excluding carboxylic acids is 1. The minimum absolute atomic E-state index is 0.0234. The van der Waals surface area contributed by atoms with Crippen LogP contribution in [0.5, 0.6) is 5.75 Å². The number of nitrogens with one attached hydrogen (secondary N) is 1. The van der Waals surface area contributed by atoms with Crippen LogP contribution in [0.2, 0.25) is 5.02 Å². The molecule has 2 unspecified atom stereocenters. The fourth-order valence-electron chi connectivity index (χ4n) is 1.77.